The molecule has 0 unspecified atom stereocenters. The second kappa shape index (κ2) is 18.7. The van der Waals surface area contributed by atoms with Crippen LogP contribution in [-0.2, 0) is 30.4 Å². The Balaban J connectivity index is 0.0000137. The monoisotopic (exact) mass is 565 g/mol. The minimum atomic E-state index is -1.52. The summed E-state index contributed by atoms with van der Waals surface area (Å²) in [6.07, 6.45) is 0.147. The first-order valence-corrected chi connectivity index (χ1v) is 11.3. The third-order valence-corrected chi connectivity index (χ3v) is 5.16. The van der Waals surface area contributed by atoms with Crippen LogP contribution in [0.4, 0.5) is 0 Å². The fraction of sp³-hybridized carbons (Fsp3) is 0.522. The van der Waals surface area contributed by atoms with Crippen LogP contribution in [0, 0.1) is 0 Å². The van der Waals surface area contributed by atoms with E-state index in [1.165, 1.54) is 9.80 Å². The number of ether oxygens (including phenoxy) is 1. The third kappa shape index (κ3) is 15.7. The number of hydrogen-bond donors (Lipinski definition) is 3. The van der Waals surface area contributed by atoms with Gasteiger partial charge in [-0.05, 0) is 31.0 Å². The quantitative estimate of drug-likeness (QED) is 0.130. The van der Waals surface area contributed by atoms with Crippen LogP contribution in [0.3, 0.4) is 0 Å². The van der Waals surface area contributed by atoms with Crippen LogP contribution >= 0.6 is 0 Å². The van der Waals surface area contributed by atoms with Crippen molar-refractivity contribution in [3.8, 4) is 5.75 Å². The Bertz CT molecular complexity index is 898. The number of rotatable bonds is 20. The molecule has 0 heterocycles. The van der Waals surface area contributed by atoms with Crippen molar-refractivity contribution in [1.29, 1.82) is 0 Å². The van der Waals surface area contributed by atoms with Gasteiger partial charge in [0, 0.05) is 38.8 Å². The van der Waals surface area contributed by atoms with Crippen molar-refractivity contribution in [2.45, 2.75) is 19.4 Å². The number of carboxylic acid groups (broad SMARTS) is 5. The molecule has 1 rings (SSSR count). The van der Waals surface area contributed by atoms with E-state index in [1.807, 2.05) is 6.92 Å². The molecule has 0 amide bonds. The predicted octanol–water partition coefficient (Wildman–Crippen LogP) is -3.72. The first-order chi connectivity index (χ1) is 17.4. The fourth-order valence-electron chi connectivity index (χ4n) is 3.72. The summed E-state index contributed by atoms with van der Waals surface area (Å²) in [6.45, 7) is -1.40. The molecule has 15 heteroatoms. The van der Waals surface area contributed by atoms with Crippen LogP contribution in [0.15, 0.2) is 24.3 Å². The molecule has 0 fully saturated rings. The third-order valence-electron chi connectivity index (χ3n) is 5.16. The zero-order valence-electron chi connectivity index (χ0n) is 21.1. The van der Waals surface area contributed by atoms with Gasteiger partial charge in [0.1, 0.15) is 5.75 Å². The molecule has 206 valence electrons. The van der Waals surface area contributed by atoms with Gasteiger partial charge in [-0.1, -0.05) is 12.1 Å². The van der Waals surface area contributed by atoms with Gasteiger partial charge in [-0.2, -0.15) is 0 Å². The van der Waals surface area contributed by atoms with Gasteiger partial charge < -0.3 is 39.9 Å². The summed E-state index contributed by atoms with van der Waals surface area (Å²) in [6, 6.07) is 6.03. The summed E-state index contributed by atoms with van der Waals surface area (Å²) in [4.78, 5) is 59.9. The zero-order valence-corrected chi connectivity index (χ0v) is 23.3. The molecule has 0 saturated carbocycles. The summed E-state index contributed by atoms with van der Waals surface area (Å²) >= 11 is 0. The van der Waals surface area contributed by atoms with Crippen molar-refractivity contribution in [3.05, 3.63) is 29.8 Å². The molecule has 0 aliphatic heterocycles. The molecule has 0 aliphatic rings. The molecule has 0 aliphatic carbocycles. The summed E-state index contributed by atoms with van der Waals surface area (Å²) in [5, 5.41) is 50.0. The van der Waals surface area contributed by atoms with E-state index in [4.69, 9.17) is 9.84 Å². The van der Waals surface area contributed by atoms with E-state index >= 15 is 0 Å². The summed E-state index contributed by atoms with van der Waals surface area (Å²) < 4.78 is 5.40. The predicted molar refractivity (Wildman–Crippen MR) is 128 cm³/mol. The number of benzene rings is 1. The van der Waals surface area contributed by atoms with Crippen LogP contribution in [0.5, 0.6) is 5.75 Å². The molecule has 0 radical (unpaired) electrons. The van der Waals surface area contributed by atoms with Gasteiger partial charge in [0.25, 0.3) is 0 Å². The summed E-state index contributed by atoms with van der Waals surface area (Å²) in [5.41, 5.74) is 0.701. The van der Waals surface area contributed by atoms with E-state index in [2.05, 4.69) is 0 Å². The van der Waals surface area contributed by atoms with E-state index < -0.39 is 68.6 Å². The first kappa shape index (κ1) is 35.5. The van der Waals surface area contributed by atoms with Crippen molar-refractivity contribution in [3.63, 3.8) is 0 Å². The average molecular weight is 566 g/mol. The molecular formula is C23H31CaN3O11. The van der Waals surface area contributed by atoms with E-state index in [9.17, 15) is 44.4 Å². The Kier molecular flexibility index (Phi) is 17.5. The molecule has 0 spiro atoms. The molecular weight excluding hydrogens is 534 g/mol. The molecule has 3 N–H and O–H groups in total. The van der Waals surface area contributed by atoms with Crippen molar-refractivity contribution >= 4 is 67.6 Å². The second-order valence-electron chi connectivity index (χ2n) is 8.21. The Hall–Kier alpha value is -2.49. The van der Waals surface area contributed by atoms with Gasteiger partial charge in [-0.15, -0.1) is 0 Å². The maximum Gasteiger partial charge on any atom is 2.00 e. The van der Waals surface area contributed by atoms with Crippen LogP contribution in [0.25, 0.3) is 0 Å². The maximum absolute atomic E-state index is 11.5. The van der Waals surface area contributed by atoms with E-state index in [0.29, 0.717) is 17.9 Å². The average Bonchev–Trinajstić information content (AvgIpc) is 2.76. The fourth-order valence-corrected chi connectivity index (χ4v) is 3.72. The summed E-state index contributed by atoms with van der Waals surface area (Å²) in [5.74, 6) is -6.27. The molecule has 14 nitrogen and oxygen atoms in total. The van der Waals surface area contributed by atoms with Crippen LogP contribution < -0.4 is 14.9 Å². The number of nitrogens with zero attached hydrogens (tertiary/aromatic N) is 3. The number of carbonyl (C=O) groups is 5. The van der Waals surface area contributed by atoms with Gasteiger partial charge in [0.05, 0.1) is 38.2 Å². The Morgan fingerprint density at radius 2 is 1.26 bits per heavy atom. The maximum atomic E-state index is 11.5. The molecule has 0 bridgehead atoms. The normalized spacial score (nSPS) is 11.7. The van der Waals surface area contributed by atoms with Crippen molar-refractivity contribution in [2.75, 3.05) is 59.0 Å². The minimum Gasteiger partial charge on any atom is -0.549 e. The van der Waals surface area contributed by atoms with Gasteiger partial charge in [0.15, 0.2) is 0 Å². The van der Waals surface area contributed by atoms with Gasteiger partial charge in [-0.25, -0.2) is 0 Å². The largest absolute Gasteiger partial charge is 2.00 e. The van der Waals surface area contributed by atoms with Crippen molar-refractivity contribution < 1.29 is 54.2 Å². The number of carboxylic acids is 5. The molecule has 1 aromatic carbocycles. The topological polar surface area (TPSA) is 211 Å². The number of carbonyl (C=O) groups excluding carboxylic acids is 2. The molecule has 1 aromatic rings. The van der Waals surface area contributed by atoms with Crippen molar-refractivity contribution in [1.82, 2.24) is 14.7 Å². The Labute approximate surface area is 249 Å². The van der Waals surface area contributed by atoms with Gasteiger partial charge in [-0.3, -0.25) is 29.1 Å². The number of hydrogen-bond acceptors (Lipinski definition) is 11. The van der Waals surface area contributed by atoms with Crippen molar-refractivity contribution in [2.24, 2.45) is 0 Å². The molecule has 38 heavy (non-hydrogen) atoms. The minimum absolute atomic E-state index is 0. The van der Waals surface area contributed by atoms with E-state index in [0.717, 1.165) is 4.90 Å². The van der Waals surface area contributed by atoms with Gasteiger partial charge in [0.2, 0.25) is 0 Å². The standard InChI is InChI=1S/C23H33N3O11.Ca/c1-2-37-18-5-3-16(4-6-18)9-17(26(14-22(33)34)15-23(35)36)10-24(11-19(27)28)7-8-25(12-20(29)30)13-21(31)32;/h3-6,17H,2,7-15H2,1H3,(H,27,28)(H,29,30)(H,31,32)(H,33,34)(H,35,36);/q;+2/p-2/t17-;/m0./s1. The SMILES string of the molecule is CCOc1ccc(C[C@@H](CN(CCN(CC(=O)[O-])CC(=O)O)CC(=O)[O-])N(CC(=O)O)CC(=O)O)cc1.[Ca+2]. The van der Waals surface area contributed by atoms with E-state index in [1.54, 1.807) is 24.3 Å². The molecule has 0 aromatic heterocycles. The number of aliphatic carboxylic acids is 5. The van der Waals surface area contributed by atoms with Crippen LogP contribution in [-0.4, -0.2) is 163 Å². The summed E-state index contributed by atoms with van der Waals surface area (Å²) in [7, 11) is 0. The zero-order chi connectivity index (χ0) is 28.0. The second-order valence-corrected chi connectivity index (χ2v) is 8.21. The van der Waals surface area contributed by atoms with Crippen LogP contribution in [0.1, 0.15) is 12.5 Å². The Morgan fingerprint density at radius 3 is 1.71 bits per heavy atom. The Morgan fingerprint density at radius 1 is 0.789 bits per heavy atom. The smallest absolute Gasteiger partial charge is 0.549 e. The molecule has 1 atom stereocenters. The van der Waals surface area contributed by atoms with Gasteiger partial charge >= 0.3 is 55.6 Å². The van der Waals surface area contributed by atoms with E-state index in [-0.39, 0.29) is 63.8 Å². The molecule has 0 saturated heterocycles. The first-order valence-electron chi connectivity index (χ1n) is 11.3. The van der Waals surface area contributed by atoms with Crippen LogP contribution in [0.2, 0.25) is 0 Å².